The first kappa shape index (κ1) is 17.1. The average Bonchev–Trinajstić information content (AvgIpc) is 2.67. The maximum atomic E-state index is 11.6. The summed E-state index contributed by atoms with van der Waals surface area (Å²) in [5.41, 5.74) is 10.1. The van der Waals surface area contributed by atoms with Gasteiger partial charge >= 0.3 is 0 Å². The number of nitrogens with two attached hydrogens (primary N) is 1. The van der Waals surface area contributed by atoms with Gasteiger partial charge < -0.3 is 11.1 Å². The van der Waals surface area contributed by atoms with Gasteiger partial charge in [0.1, 0.15) is 11.5 Å². The first-order valence-electron chi connectivity index (χ1n) is 7.96. The number of pyridine rings is 3. The lowest BCUT2D eigenvalue weighted by molar-refractivity contribution is 0.0958. The monoisotopic (exact) mass is 343 g/mol. The van der Waals surface area contributed by atoms with Crippen LogP contribution in [0.1, 0.15) is 27.3 Å². The molecule has 0 aliphatic rings. The van der Waals surface area contributed by atoms with Gasteiger partial charge in [-0.2, -0.15) is 0 Å². The van der Waals surface area contributed by atoms with Gasteiger partial charge in [-0.1, -0.05) is 17.9 Å². The van der Waals surface area contributed by atoms with Crippen molar-refractivity contribution in [3.05, 3.63) is 71.4 Å². The molecule has 0 aliphatic carbocycles. The number of aryl methyl sites for hydroxylation is 1. The fourth-order valence-electron chi connectivity index (χ4n) is 2.39. The molecule has 3 rings (SSSR count). The second-order valence-electron chi connectivity index (χ2n) is 5.55. The van der Waals surface area contributed by atoms with Crippen LogP contribution in [-0.4, -0.2) is 27.9 Å². The molecule has 0 fully saturated rings. The van der Waals surface area contributed by atoms with E-state index in [-0.39, 0.29) is 5.91 Å². The zero-order valence-electron chi connectivity index (χ0n) is 14.4. The van der Waals surface area contributed by atoms with Crippen molar-refractivity contribution in [1.82, 2.24) is 20.3 Å². The van der Waals surface area contributed by atoms with Crippen molar-refractivity contribution in [3.8, 4) is 23.0 Å². The van der Waals surface area contributed by atoms with Crippen LogP contribution in [0.3, 0.4) is 0 Å². The van der Waals surface area contributed by atoms with E-state index in [1.807, 2.05) is 25.1 Å². The molecular weight excluding hydrogens is 326 g/mol. The number of rotatable bonds is 2. The lowest BCUT2D eigenvalue weighted by atomic mass is 10.0. The van der Waals surface area contributed by atoms with E-state index in [2.05, 4.69) is 32.1 Å². The summed E-state index contributed by atoms with van der Waals surface area (Å²) in [6.07, 6.45) is 5.02. The van der Waals surface area contributed by atoms with Crippen LogP contribution < -0.4 is 11.1 Å². The molecule has 0 unspecified atom stereocenters. The molecule has 3 N–H and O–H groups in total. The average molecular weight is 343 g/mol. The number of nitrogens with one attached hydrogen (secondary N) is 1. The first-order valence-corrected chi connectivity index (χ1v) is 7.96. The zero-order valence-corrected chi connectivity index (χ0v) is 14.4. The van der Waals surface area contributed by atoms with Crippen molar-refractivity contribution in [3.63, 3.8) is 0 Å². The molecule has 6 nitrogen and oxygen atoms in total. The van der Waals surface area contributed by atoms with E-state index < -0.39 is 0 Å². The summed E-state index contributed by atoms with van der Waals surface area (Å²) in [6.45, 7) is 1.90. The molecule has 3 aromatic rings. The second kappa shape index (κ2) is 7.45. The van der Waals surface area contributed by atoms with Crippen molar-refractivity contribution in [1.29, 1.82) is 0 Å². The maximum Gasteiger partial charge on any atom is 0.269 e. The smallest absolute Gasteiger partial charge is 0.269 e. The largest absolute Gasteiger partial charge is 0.384 e. The number of carbonyl (C=O) groups is 1. The van der Waals surface area contributed by atoms with Crippen LogP contribution in [0.4, 0.5) is 5.82 Å². The van der Waals surface area contributed by atoms with Crippen LogP contribution >= 0.6 is 0 Å². The van der Waals surface area contributed by atoms with Gasteiger partial charge in [0.05, 0.1) is 11.3 Å². The third-order valence-electron chi connectivity index (χ3n) is 3.79. The van der Waals surface area contributed by atoms with Gasteiger partial charge in [0.25, 0.3) is 5.91 Å². The minimum Gasteiger partial charge on any atom is -0.384 e. The second-order valence-corrected chi connectivity index (χ2v) is 5.55. The van der Waals surface area contributed by atoms with Crippen LogP contribution in [0.15, 0.2) is 48.9 Å². The standard InChI is InChI=1S/C20H17N5O/c1-13-16(6-3-14-4-8-19(21)25-11-14)17(9-10-23-13)15-5-7-18(24-12-15)20(26)22-2/h4-5,7-12H,1-2H3,(H2,21,25)(H,22,26). The lowest BCUT2D eigenvalue weighted by Gasteiger charge is -2.07. The van der Waals surface area contributed by atoms with Crippen molar-refractivity contribution in [2.75, 3.05) is 12.8 Å². The number of hydrogen-bond donors (Lipinski definition) is 2. The highest BCUT2D eigenvalue weighted by Gasteiger charge is 2.09. The summed E-state index contributed by atoms with van der Waals surface area (Å²) in [5, 5.41) is 2.55. The Bertz CT molecular complexity index is 999. The van der Waals surface area contributed by atoms with Crippen molar-refractivity contribution in [2.45, 2.75) is 6.92 Å². The van der Waals surface area contributed by atoms with E-state index in [4.69, 9.17) is 5.73 Å². The van der Waals surface area contributed by atoms with Crippen LogP contribution in [-0.2, 0) is 0 Å². The van der Waals surface area contributed by atoms with Gasteiger partial charge in [-0.05, 0) is 31.2 Å². The molecule has 3 heterocycles. The molecule has 6 heteroatoms. The van der Waals surface area contributed by atoms with E-state index in [1.54, 1.807) is 37.8 Å². The number of hydrogen-bond acceptors (Lipinski definition) is 5. The zero-order chi connectivity index (χ0) is 18.5. The molecular formula is C20H17N5O. The number of amides is 1. The highest BCUT2D eigenvalue weighted by Crippen LogP contribution is 2.24. The van der Waals surface area contributed by atoms with Crippen LogP contribution in [0.2, 0.25) is 0 Å². The summed E-state index contributed by atoms with van der Waals surface area (Å²) < 4.78 is 0. The molecule has 1 amide bonds. The highest BCUT2D eigenvalue weighted by molar-refractivity contribution is 5.92. The summed E-state index contributed by atoms with van der Waals surface area (Å²) in [7, 11) is 1.57. The Labute approximate surface area is 151 Å². The fourth-order valence-corrected chi connectivity index (χ4v) is 2.39. The topological polar surface area (TPSA) is 93.8 Å². The maximum absolute atomic E-state index is 11.6. The molecule has 0 spiro atoms. The molecule has 0 aliphatic heterocycles. The molecule has 3 aromatic heterocycles. The molecule has 0 bridgehead atoms. The third-order valence-corrected chi connectivity index (χ3v) is 3.79. The normalized spacial score (nSPS) is 9.92. The van der Waals surface area contributed by atoms with Gasteiger partial charge in [0.2, 0.25) is 0 Å². The number of anilines is 1. The molecule has 26 heavy (non-hydrogen) atoms. The summed E-state index contributed by atoms with van der Waals surface area (Å²) in [4.78, 5) is 24.2. The van der Waals surface area contributed by atoms with Crippen molar-refractivity contribution < 1.29 is 4.79 Å². The first-order chi connectivity index (χ1) is 12.6. The minimum atomic E-state index is -0.224. The molecule has 0 radical (unpaired) electrons. The summed E-state index contributed by atoms with van der Waals surface area (Å²) in [5.74, 6) is 6.48. The van der Waals surface area contributed by atoms with E-state index in [9.17, 15) is 4.79 Å². The van der Waals surface area contributed by atoms with Gasteiger partial charge in [0, 0.05) is 42.3 Å². The van der Waals surface area contributed by atoms with E-state index in [0.29, 0.717) is 11.5 Å². The van der Waals surface area contributed by atoms with Crippen LogP contribution in [0.5, 0.6) is 0 Å². The quantitative estimate of drug-likeness (QED) is 0.696. The van der Waals surface area contributed by atoms with Gasteiger partial charge in [-0.3, -0.25) is 14.8 Å². The van der Waals surface area contributed by atoms with E-state index in [0.717, 1.165) is 27.9 Å². The number of carbonyl (C=O) groups excluding carboxylic acids is 1. The third kappa shape index (κ3) is 3.68. The molecule has 128 valence electrons. The molecule has 0 aromatic carbocycles. The van der Waals surface area contributed by atoms with Crippen molar-refractivity contribution in [2.24, 2.45) is 0 Å². The Kier molecular flexibility index (Phi) is 4.90. The highest BCUT2D eigenvalue weighted by atomic mass is 16.1. The summed E-state index contributed by atoms with van der Waals surface area (Å²) >= 11 is 0. The minimum absolute atomic E-state index is 0.224. The molecule has 0 saturated carbocycles. The van der Waals surface area contributed by atoms with Gasteiger partial charge in [-0.25, -0.2) is 4.98 Å². The van der Waals surface area contributed by atoms with Gasteiger partial charge in [-0.15, -0.1) is 0 Å². The Morgan fingerprint density at radius 3 is 2.54 bits per heavy atom. The number of nitrogens with zero attached hydrogens (tertiary/aromatic N) is 3. The Hall–Kier alpha value is -3.72. The number of aromatic nitrogens is 3. The number of nitrogen functional groups attached to an aromatic ring is 1. The Morgan fingerprint density at radius 1 is 1.04 bits per heavy atom. The van der Waals surface area contributed by atoms with E-state index >= 15 is 0 Å². The van der Waals surface area contributed by atoms with Crippen molar-refractivity contribution >= 4 is 11.7 Å². The lowest BCUT2D eigenvalue weighted by Crippen LogP contribution is -2.18. The fraction of sp³-hybridized carbons (Fsp3) is 0.100. The Morgan fingerprint density at radius 2 is 1.88 bits per heavy atom. The SMILES string of the molecule is CNC(=O)c1ccc(-c2ccnc(C)c2C#Cc2ccc(N)nc2)cn1. The predicted molar refractivity (Wildman–Crippen MR) is 100 cm³/mol. The Balaban J connectivity index is 2.00. The van der Waals surface area contributed by atoms with Crippen LogP contribution in [0, 0.1) is 18.8 Å². The van der Waals surface area contributed by atoms with Crippen LogP contribution in [0.25, 0.3) is 11.1 Å². The molecule has 0 saturated heterocycles. The van der Waals surface area contributed by atoms with E-state index in [1.165, 1.54) is 0 Å². The predicted octanol–water partition coefficient (Wildman–Crippen LogP) is 2.19. The summed E-state index contributed by atoms with van der Waals surface area (Å²) in [6, 6.07) is 8.95. The van der Waals surface area contributed by atoms with Gasteiger partial charge in [0.15, 0.2) is 0 Å². The molecule has 0 atom stereocenters.